The van der Waals surface area contributed by atoms with E-state index >= 15 is 0 Å². The molecule has 2 rings (SSSR count). The third kappa shape index (κ3) is 4.47. The first-order valence-corrected chi connectivity index (χ1v) is 8.09. The van der Waals surface area contributed by atoms with Gasteiger partial charge in [-0.05, 0) is 29.3 Å². The number of Topliss-reactive ketones (excluding diaryl/α,β-unsaturated/α-hetero) is 1. The molecule has 1 amide bonds. The molecule has 0 heterocycles. The van der Waals surface area contributed by atoms with Crippen molar-refractivity contribution in [3.63, 3.8) is 0 Å². The van der Waals surface area contributed by atoms with E-state index in [1.54, 1.807) is 6.07 Å². The summed E-state index contributed by atoms with van der Waals surface area (Å²) >= 11 is 0. The zero-order valence-electron chi connectivity index (χ0n) is 14.7. The van der Waals surface area contributed by atoms with Crippen LogP contribution >= 0.6 is 0 Å². The molecule has 1 unspecified atom stereocenters. The number of alkyl carbamates (subject to hydrolysis) is 1. The van der Waals surface area contributed by atoms with Crippen molar-refractivity contribution in [2.24, 2.45) is 5.92 Å². The van der Waals surface area contributed by atoms with Gasteiger partial charge in [-0.25, -0.2) is 4.79 Å². The molecule has 0 aliphatic heterocycles. The highest BCUT2D eigenvalue weighted by molar-refractivity contribution is 5.99. The van der Waals surface area contributed by atoms with Crippen molar-refractivity contribution in [2.45, 2.75) is 13.0 Å². The van der Waals surface area contributed by atoms with Crippen LogP contribution in [-0.4, -0.2) is 31.6 Å². The molecule has 0 radical (unpaired) electrons. The molecule has 0 aromatic heterocycles. The molecule has 26 heavy (non-hydrogen) atoms. The summed E-state index contributed by atoms with van der Waals surface area (Å²) < 4.78 is 9.70. The molecule has 0 saturated heterocycles. The van der Waals surface area contributed by atoms with Gasteiger partial charge in [-0.2, -0.15) is 0 Å². The van der Waals surface area contributed by atoms with Gasteiger partial charge in [0.15, 0.2) is 0 Å². The van der Waals surface area contributed by atoms with Gasteiger partial charge in [0, 0.05) is 0 Å². The van der Waals surface area contributed by atoms with Crippen LogP contribution in [0, 0.1) is 5.92 Å². The van der Waals surface area contributed by atoms with Crippen molar-refractivity contribution in [2.75, 3.05) is 13.7 Å². The molecular weight excluding hydrogens is 334 g/mol. The number of fused-ring (bicyclic) bond motifs is 1. The van der Waals surface area contributed by atoms with Gasteiger partial charge in [-0.15, -0.1) is 0 Å². The Hall–Kier alpha value is -3.15. The average Bonchev–Trinajstić information content (AvgIpc) is 2.64. The minimum Gasteiger partial charge on any atom is -0.461 e. The third-order valence-corrected chi connectivity index (χ3v) is 3.96. The molecule has 2 aromatic carbocycles. The lowest BCUT2D eigenvalue weighted by Gasteiger charge is -2.25. The van der Waals surface area contributed by atoms with E-state index in [9.17, 15) is 14.4 Å². The predicted octanol–water partition coefficient (Wildman–Crippen LogP) is 3.17. The SMILES string of the molecule is C=CCOC(=O)C(C(C)=O)[C@@H](NC(=O)OC)c1ccc2ccccc2c1. The second-order valence-corrected chi connectivity index (χ2v) is 5.73. The van der Waals surface area contributed by atoms with Gasteiger partial charge >= 0.3 is 12.1 Å². The predicted molar refractivity (Wildman–Crippen MR) is 97.6 cm³/mol. The van der Waals surface area contributed by atoms with E-state index in [-0.39, 0.29) is 6.61 Å². The van der Waals surface area contributed by atoms with Crippen LogP contribution in [0.5, 0.6) is 0 Å². The summed E-state index contributed by atoms with van der Waals surface area (Å²) in [7, 11) is 1.21. The highest BCUT2D eigenvalue weighted by Gasteiger charge is 2.36. The molecule has 6 nitrogen and oxygen atoms in total. The fraction of sp³-hybridized carbons (Fsp3) is 0.250. The summed E-state index contributed by atoms with van der Waals surface area (Å²) in [4.78, 5) is 36.4. The number of carbonyl (C=O) groups excluding carboxylic acids is 3. The van der Waals surface area contributed by atoms with Crippen LogP contribution in [-0.2, 0) is 19.1 Å². The molecule has 1 N–H and O–H groups in total. The second kappa shape index (κ2) is 8.80. The van der Waals surface area contributed by atoms with Gasteiger partial charge in [-0.1, -0.05) is 49.1 Å². The number of methoxy groups -OCH3 is 1. The third-order valence-electron chi connectivity index (χ3n) is 3.96. The number of hydrogen-bond acceptors (Lipinski definition) is 5. The van der Waals surface area contributed by atoms with Gasteiger partial charge < -0.3 is 14.8 Å². The maximum atomic E-state index is 12.4. The summed E-state index contributed by atoms with van der Waals surface area (Å²) in [5, 5.41) is 4.50. The van der Waals surface area contributed by atoms with Crippen LogP contribution in [0.15, 0.2) is 55.1 Å². The van der Waals surface area contributed by atoms with Crippen molar-refractivity contribution in [1.29, 1.82) is 0 Å². The summed E-state index contributed by atoms with van der Waals surface area (Å²) in [5.41, 5.74) is 0.602. The zero-order valence-corrected chi connectivity index (χ0v) is 14.7. The van der Waals surface area contributed by atoms with Crippen molar-refractivity contribution >= 4 is 28.6 Å². The number of rotatable bonds is 7. The van der Waals surface area contributed by atoms with E-state index in [4.69, 9.17) is 4.74 Å². The number of ketones is 1. The monoisotopic (exact) mass is 355 g/mol. The molecule has 136 valence electrons. The van der Waals surface area contributed by atoms with Crippen molar-refractivity contribution in [1.82, 2.24) is 5.32 Å². The van der Waals surface area contributed by atoms with Gasteiger partial charge in [0.05, 0.1) is 13.2 Å². The Kier molecular flexibility index (Phi) is 6.49. The van der Waals surface area contributed by atoms with Crippen LogP contribution in [0.2, 0.25) is 0 Å². The number of esters is 1. The molecule has 0 fully saturated rings. The topological polar surface area (TPSA) is 81.7 Å². The second-order valence-electron chi connectivity index (χ2n) is 5.73. The number of hydrogen-bond donors (Lipinski definition) is 1. The number of ether oxygens (including phenoxy) is 2. The van der Waals surface area contributed by atoms with E-state index in [0.717, 1.165) is 10.8 Å². The quantitative estimate of drug-likeness (QED) is 0.469. The van der Waals surface area contributed by atoms with E-state index in [1.165, 1.54) is 20.1 Å². The van der Waals surface area contributed by atoms with E-state index in [2.05, 4.69) is 16.6 Å². The summed E-state index contributed by atoms with van der Waals surface area (Å²) in [5.74, 6) is -2.35. The van der Waals surface area contributed by atoms with Crippen LogP contribution < -0.4 is 5.32 Å². The molecule has 0 saturated carbocycles. The highest BCUT2D eigenvalue weighted by atomic mass is 16.5. The van der Waals surface area contributed by atoms with Crippen LogP contribution in [0.1, 0.15) is 18.5 Å². The lowest BCUT2D eigenvalue weighted by atomic mass is 9.89. The van der Waals surface area contributed by atoms with E-state index in [0.29, 0.717) is 5.56 Å². The normalized spacial score (nSPS) is 12.7. The smallest absolute Gasteiger partial charge is 0.407 e. The Bertz CT molecular complexity index is 830. The Morgan fingerprint density at radius 3 is 2.46 bits per heavy atom. The van der Waals surface area contributed by atoms with E-state index < -0.39 is 29.8 Å². The Labute approximate surface area is 151 Å². The Balaban J connectivity index is 2.47. The molecule has 2 atom stereocenters. The molecule has 6 heteroatoms. The molecule has 0 spiro atoms. The first-order valence-electron chi connectivity index (χ1n) is 8.09. The fourth-order valence-corrected chi connectivity index (χ4v) is 2.71. The number of carbonyl (C=O) groups is 3. The maximum absolute atomic E-state index is 12.4. The minimum absolute atomic E-state index is 0.0225. The van der Waals surface area contributed by atoms with Crippen molar-refractivity contribution in [3.05, 3.63) is 60.7 Å². The minimum atomic E-state index is -1.20. The van der Waals surface area contributed by atoms with Crippen LogP contribution in [0.25, 0.3) is 10.8 Å². The number of nitrogens with one attached hydrogen (secondary N) is 1. The number of benzene rings is 2. The van der Waals surface area contributed by atoms with Gasteiger partial charge in [0.1, 0.15) is 18.3 Å². The van der Waals surface area contributed by atoms with Crippen LogP contribution in [0.4, 0.5) is 4.79 Å². The molecule has 2 aromatic rings. The molecule has 0 bridgehead atoms. The molecule has 0 aliphatic rings. The Morgan fingerprint density at radius 1 is 1.15 bits per heavy atom. The van der Waals surface area contributed by atoms with Crippen molar-refractivity contribution in [3.8, 4) is 0 Å². The largest absolute Gasteiger partial charge is 0.461 e. The van der Waals surface area contributed by atoms with Crippen molar-refractivity contribution < 1.29 is 23.9 Å². The van der Waals surface area contributed by atoms with Gasteiger partial charge in [0.25, 0.3) is 0 Å². The van der Waals surface area contributed by atoms with Gasteiger partial charge in [0.2, 0.25) is 0 Å². The average molecular weight is 355 g/mol. The van der Waals surface area contributed by atoms with Gasteiger partial charge in [-0.3, -0.25) is 9.59 Å². The zero-order chi connectivity index (χ0) is 19.1. The molecular formula is C20H21NO5. The fourth-order valence-electron chi connectivity index (χ4n) is 2.71. The Morgan fingerprint density at radius 2 is 1.85 bits per heavy atom. The van der Waals surface area contributed by atoms with Crippen LogP contribution in [0.3, 0.4) is 0 Å². The number of amides is 1. The lowest BCUT2D eigenvalue weighted by Crippen LogP contribution is -2.40. The van der Waals surface area contributed by atoms with E-state index in [1.807, 2.05) is 36.4 Å². The summed E-state index contributed by atoms with van der Waals surface area (Å²) in [6.07, 6.45) is 0.666. The first-order chi connectivity index (χ1) is 12.5. The standard InChI is InChI=1S/C20H21NO5/c1-4-11-26-19(23)17(13(2)22)18(21-20(24)25-3)16-10-9-14-7-5-6-8-15(14)12-16/h4-10,12,17-18H,1,11H2,2-3H3,(H,21,24)/t17?,18-/m0/s1. The lowest BCUT2D eigenvalue weighted by molar-refractivity contribution is -0.151. The first kappa shape index (κ1) is 19.2. The summed E-state index contributed by atoms with van der Waals surface area (Å²) in [6.45, 7) is 4.75. The molecule has 0 aliphatic carbocycles. The highest BCUT2D eigenvalue weighted by Crippen LogP contribution is 2.28. The summed E-state index contributed by atoms with van der Waals surface area (Å²) in [6, 6.07) is 12.2. The maximum Gasteiger partial charge on any atom is 0.407 e.